The highest BCUT2D eigenvalue weighted by Gasteiger charge is 2.16. The Kier molecular flexibility index (Phi) is 3.24. The zero-order valence-electron chi connectivity index (χ0n) is 7.93. The number of aromatic nitrogens is 2. The smallest absolute Gasteiger partial charge is 0.253 e. The predicted molar refractivity (Wildman–Crippen MR) is 55.7 cm³/mol. The number of hydrogen-bond donors (Lipinski definition) is 2. The number of anilines is 1. The Balaban J connectivity index is 1.95. The van der Waals surface area contributed by atoms with E-state index < -0.39 is 0 Å². The molecule has 2 rings (SSSR count). The molecule has 0 bridgehead atoms. The fourth-order valence-corrected chi connectivity index (χ4v) is 2.00. The minimum absolute atomic E-state index is 0.217. The van der Waals surface area contributed by atoms with Gasteiger partial charge in [0.05, 0.1) is 19.0 Å². The van der Waals surface area contributed by atoms with Crippen LogP contribution in [-0.2, 0) is 9.47 Å². The maximum absolute atomic E-state index is 11.1. The third-order valence-corrected chi connectivity index (χ3v) is 2.69. The minimum Gasteiger partial charge on any atom is -0.383 e. The van der Waals surface area contributed by atoms with E-state index in [0.717, 1.165) is 0 Å². The molecule has 0 aromatic carbocycles. The Morgan fingerprint density at radius 3 is 3.00 bits per heavy atom. The van der Waals surface area contributed by atoms with Crippen molar-refractivity contribution in [3.8, 4) is 0 Å². The van der Waals surface area contributed by atoms with Gasteiger partial charge in [-0.15, -0.1) is 0 Å². The standard InChI is InChI=1S/C8H11N3O3S/c9-5-3-6(12)11-8(10-5)15-4-7-13-1-2-14-7/h3,7H,1-2,4H2,(H3,9,10,11,12). The van der Waals surface area contributed by atoms with E-state index in [1.807, 2.05) is 0 Å². The second kappa shape index (κ2) is 4.65. The second-order valence-electron chi connectivity index (χ2n) is 2.96. The van der Waals surface area contributed by atoms with Gasteiger partial charge in [0.2, 0.25) is 0 Å². The van der Waals surface area contributed by atoms with Crippen LogP contribution in [0, 0.1) is 0 Å². The summed E-state index contributed by atoms with van der Waals surface area (Å²) in [7, 11) is 0. The molecule has 1 aromatic heterocycles. The van der Waals surface area contributed by atoms with Crippen molar-refractivity contribution >= 4 is 17.6 Å². The van der Waals surface area contributed by atoms with Gasteiger partial charge in [0, 0.05) is 6.07 Å². The summed E-state index contributed by atoms with van der Waals surface area (Å²) in [6.07, 6.45) is -0.221. The molecule has 0 atom stereocenters. The van der Waals surface area contributed by atoms with Crippen LogP contribution in [0.25, 0.3) is 0 Å². The molecule has 7 heteroatoms. The monoisotopic (exact) mass is 229 g/mol. The summed E-state index contributed by atoms with van der Waals surface area (Å²) in [6, 6.07) is 1.24. The van der Waals surface area contributed by atoms with Crippen LogP contribution < -0.4 is 11.3 Å². The maximum atomic E-state index is 11.1. The van der Waals surface area contributed by atoms with Crippen LogP contribution in [0.5, 0.6) is 0 Å². The Bertz CT molecular complexity index is 389. The van der Waals surface area contributed by atoms with E-state index in [1.165, 1.54) is 17.8 Å². The number of ether oxygens (including phenoxy) is 2. The zero-order valence-corrected chi connectivity index (χ0v) is 8.75. The maximum Gasteiger partial charge on any atom is 0.253 e. The highest BCUT2D eigenvalue weighted by molar-refractivity contribution is 7.99. The summed E-state index contributed by atoms with van der Waals surface area (Å²) >= 11 is 1.35. The summed E-state index contributed by atoms with van der Waals surface area (Å²) < 4.78 is 10.5. The summed E-state index contributed by atoms with van der Waals surface area (Å²) in [5.74, 6) is 0.807. The molecule has 0 radical (unpaired) electrons. The summed E-state index contributed by atoms with van der Waals surface area (Å²) in [4.78, 5) is 17.6. The lowest BCUT2D eigenvalue weighted by molar-refractivity contribution is -0.0215. The number of nitrogens with zero attached hydrogens (tertiary/aromatic N) is 1. The Morgan fingerprint density at radius 2 is 2.33 bits per heavy atom. The van der Waals surface area contributed by atoms with Crippen molar-refractivity contribution in [1.29, 1.82) is 0 Å². The first-order valence-electron chi connectivity index (χ1n) is 4.47. The van der Waals surface area contributed by atoms with Crippen molar-refractivity contribution in [2.45, 2.75) is 11.4 Å². The van der Waals surface area contributed by atoms with Crippen LogP contribution in [0.4, 0.5) is 5.82 Å². The molecule has 3 N–H and O–H groups in total. The summed E-state index contributed by atoms with van der Waals surface area (Å²) in [5.41, 5.74) is 5.18. The van der Waals surface area contributed by atoms with Gasteiger partial charge in [-0.1, -0.05) is 11.8 Å². The lowest BCUT2D eigenvalue weighted by atomic mass is 10.6. The van der Waals surface area contributed by atoms with E-state index in [9.17, 15) is 4.79 Å². The number of H-pyrrole nitrogens is 1. The zero-order chi connectivity index (χ0) is 10.7. The largest absolute Gasteiger partial charge is 0.383 e. The van der Waals surface area contributed by atoms with Crippen molar-refractivity contribution in [3.05, 3.63) is 16.4 Å². The lowest BCUT2D eigenvalue weighted by Crippen LogP contribution is -2.13. The molecule has 0 amide bonds. The lowest BCUT2D eigenvalue weighted by Gasteiger charge is -2.07. The first-order valence-corrected chi connectivity index (χ1v) is 5.45. The SMILES string of the molecule is Nc1cc(=O)[nH]c(SCC2OCCO2)n1. The van der Waals surface area contributed by atoms with E-state index >= 15 is 0 Å². The van der Waals surface area contributed by atoms with Crippen LogP contribution in [0.2, 0.25) is 0 Å². The van der Waals surface area contributed by atoms with Gasteiger partial charge in [-0.2, -0.15) is 0 Å². The summed E-state index contributed by atoms with van der Waals surface area (Å²) in [6.45, 7) is 1.23. The molecule has 1 saturated heterocycles. The molecule has 0 unspecified atom stereocenters. The van der Waals surface area contributed by atoms with Gasteiger partial charge in [-0.05, 0) is 0 Å². The average Bonchev–Trinajstić information content (AvgIpc) is 2.65. The van der Waals surface area contributed by atoms with E-state index in [-0.39, 0.29) is 17.7 Å². The highest BCUT2D eigenvalue weighted by atomic mass is 32.2. The van der Waals surface area contributed by atoms with Crippen LogP contribution in [-0.4, -0.2) is 35.2 Å². The molecule has 15 heavy (non-hydrogen) atoms. The predicted octanol–water partition coefficient (Wildman–Crippen LogP) is -0.183. The summed E-state index contributed by atoms with van der Waals surface area (Å²) in [5, 5.41) is 0.485. The fraction of sp³-hybridized carbons (Fsp3) is 0.500. The van der Waals surface area contributed by atoms with Gasteiger partial charge in [-0.3, -0.25) is 4.79 Å². The number of thioether (sulfide) groups is 1. The molecular formula is C8H11N3O3S. The normalized spacial score (nSPS) is 17.1. The number of nitrogen functional groups attached to an aromatic ring is 1. The minimum atomic E-state index is -0.252. The van der Waals surface area contributed by atoms with Crippen LogP contribution in [0.3, 0.4) is 0 Å². The van der Waals surface area contributed by atoms with Crippen LogP contribution in [0.1, 0.15) is 0 Å². The molecular weight excluding hydrogens is 218 g/mol. The Labute approximate surface area is 90.2 Å². The highest BCUT2D eigenvalue weighted by Crippen LogP contribution is 2.17. The van der Waals surface area contributed by atoms with Gasteiger partial charge in [0.1, 0.15) is 5.82 Å². The molecule has 1 aliphatic rings. The first-order chi connectivity index (χ1) is 7.24. The van der Waals surface area contributed by atoms with E-state index in [0.29, 0.717) is 24.1 Å². The molecule has 82 valence electrons. The van der Waals surface area contributed by atoms with Gasteiger partial charge < -0.3 is 20.2 Å². The molecule has 2 heterocycles. The van der Waals surface area contributed by atoms with E-state index in [2.05, 4.69) is 9.97 Å². The molecule has 0 saturated carbocycles. The van der Waals surface area contributed by atoms with Gasteiger partial charge >= 0.3 is 0 Å². The van der Waals surface area contributed by atoms with Crippen molar-refractivity contribution in [2.24, 2.45) is 0 Å². The molecule has 1 aliphatic heterocycles. The third-order valence-electron chi connectivity index (χ3n) is 1.79. The van der Waals surface area contributed by atoms with Crippen molar-refractivity contribution in [1.82, 2.24) is 9.97 Å². The van der Waals surface area contributed by atoms with Crippen molar-refractivity contribution < 1.29 is 9.47 Å². The molecule has 0 spiro atoms. The van der Waals surface area contributed by atoms with Crippen molar-refractivity contribution in [2.75, 3.05) is 24.7 Å². The molecule has 1 fully saturated rings. The third kappa shape index (κ3) is 2.95. The fourth-order valence-electron chi connectivity index (χ4n) is 1.17. The number of aromatic amines is 1. The molecule has 1 aromatic rings. The first kappa shape index (κ1) is 10.5. The Hall–Kier alpha value is -1.05. The average molecular weight is 229 g/mol. The van der Waals surface area contributed by atoms with Crippen LogP contribution >= 0.6 is 11.8 Å². The van der Waals surface area contributed by atoms with Gasteiger partial charge in [0.15, 0.2) is 11.4 Å². The number of rotatable bonds is 3. The van der Waals surface area contributed by atoms with Gasteiger partial charge in [0.25, 0.3) is 5.56 Å². The molecule has 0 aliphatic carbocycles. The quantitative estimate of drug-likeness (QED) is 0.552. The van der Waals surface area contributed by atoms with Gasteiger partial charge in [-0.25, -0.2) is 4.98 Å². The van der Waals surface area contributed by atoms with Crippen LogP contribution in [0.15, 0.2) is 16.0 Å². The topological polar surface area (TPSA) is 90.2 Å². The van der Waals surface area contributed by atoms with Crippen molar-refractivity contribution in [3.63, 3.8) is 0 Å². The van der Waals surface area contributed by atoms with E-state index in [1.54, 1.807) is 0 Å². The molecule has 6 nitrogen and oxygen atoms in total. The second-order valence-corrected chi connectivity index (χ2v) is 3.97. The number of nitrogens with two attached hydrogens (primary N) is 1. The number of nitrogens with one attached hydrogen (secondary N) is 1. The van der Waals surface area contributed by atoms with E-state index in [4.69, 9.17) is 15.2 Å². The Morgan fingerprint density at radius 1 is 1.60 bits per heavy atom. The number of hydrogen-bond acceptors (Lipinski definition) is 6.